The Morgan fingerprint density at radius 3 is 2.58 bits per heavy atom. The van der Waals surface area contributed by atoms with E-state index < -0.39 is 18.1 Å². The fraction of sp³-hybridized carbons (Fsp3) is 0.588. The van der Waals surface area contributed by atoms with Crippen molar-refractivity contribution in [1.82, 2.24) is 5.23 Å². The van der Waals surface area contributed by atoms with E-state index in [0.717, 1.165) is 11.3 Å². The summed E-state index contributed by atoms with van der Waals surface area (Å²) in [5.74, 6) is 0. The Balaban J connectivity index is 1.68. The molecule has 0 radical (unpaired) electrons. The minimum atomic E-state index is -0.616. The molecule has 130 valence electrons. The van der Waals surface area contributed by atoms with E-state index in [4.69, 9.17) is 24.0 Å². The van der Waals surface area contributed by atoms with E-state index in [9.17, 15) is 0 Å². The van der Waals surface area contributed by atoms with Crippen LogP contribution in [0.4, 0.5) is 0 Å². The van der Waals surface area contributed by atoms with Crippen molar-refractivity contribution in [3.63, 3.8) is 0 Å². The molecule has 24 heavy (non-hydrogen) atoms. The highest BCUT2D eigenvalue weighted by atomic mass is 17.0. The second-order valence-electron chi connectivity index (χ2n) is 6.00. The first-order chi connectivity index (χ1) is 11.8. The molecule has 7 heteroatoms. The largest absolute Gasteiger partial charge is 0.389 e. The van der Waals surface area contributed by atoms with E-state index in [1.807, 2.05) is 44.2 Å². The normalized spacial score (nSPS) is 35.2. The summed E-state index contributed by atoms with van der Waals surface area (Å²) in [6.07, 6.45) is 0.167. The van der Waals surface area contributed by atoms with Crippen LogP contribution < -0.4 is 0 Å². The van der Waals surface area contributed by atoms with Crippen LogP contribution >= 0.6 is 0 Å². The summed E-state index contributed by atoms with van der Waals surface area (Å²) >= 11 is 0. The van der Waals surface area contributed by atoms with Crippen LogP contribution in [0, 0.1) is 0 Å². The van der Waals surface area contributed by atoms with Gasteiger partial charge in [0.05, 0.1) is 0 Å². The third kappa shape index (κ3) is 2.44. The monoisotopic (exact) mass is 334 g/mol. The molecule has 3 aliphatic rings. The van der Waals surface area contributed by atoms with E-state index in [2.05, 4.69) is 5.16 Å². The van der Waals surface area contributed by atoms with Crippen LogP contribution in [0.15, 0.2) is 35.5 Å². The van der Waals surface area contributed by atoms with Gasteiger partial charge in [-0.2, -0.15) is 0 Å². The lowest BCUT2D eigenvalue weighted by molar-refractivity contribution is -0.465. The molecule has 2 fully saturated rings. The van der Waals surface area contributed by atoms with Crippen LogP contribution in [0.3, 0.4) is 0 Å². The maximum absolute atomic E-state index is 5.93. The molecular formula is C17H22N2O5. The van der Waals surface area contributed by atoms with Gasteiger partial charge in [0, 0.05) is 31.6 Å². The van der Waals surface area contributed by atoms with Crippen molar-refractivity contribution < 1.29 is 24.0 Å². The Bertz CT molecular complexity index is 610. The molecule has 7 nitrogen and oxygen atoms in total. The number of hydroxylamine groups is 2. The standard InChI is InChI=1S/C17H22N2O5/c1-3-20-14-10-13-17(11-15(21-4-2)24-19(17)23-14)16(18-22-13)12-8-6-5-7-9-12/h5-9,13-15H,3-4,10-11H2,1-2H3/t13-,14-,15-,17+/m1/s1. The first-order valence-corrected chi connectivity index (χ1v) is 8.44. The average Bonchev–Trinajstić information content (AvgIpc) is 3.13. The molecule has 0 N–H and O–H groups in total. The van der Waals surface area contributed by atoms with Gasteiger partial charge >= 0.3 is 0 Å². The minimum Gasteiger partial charge on any atom is -0.389 e. The van der Waals surface area contributed by atoms with Crippen LogP contribution in [0.1, 0.15) is 32.3 Å². The number of rotatable bonds is 5. The predicted molar refractivity (Wildman–Crippen MR) is 84.7 cm³/mol. The summed E-state index contributed by atoms with van der Waals surface area (Å²) in [6.45, 7) is 4.99. The summed E-state index contributed by atoms with van der Waals surface area (Å²) in [7, 11) is 0. The van der Waals surface area contributed by atoms with Gasteiger partial charge in [-0.15, -0.1) is 0 Å². The highest BCUT2D eigenvalue weighted by molar-refractivity contribution is 6.08. The van der Waals surface area contributed by atoms with E-state index in [-0.39, 0.29) is 6.10 Å². The highest BCUT2D eigenvalue weighted by Crippen LogP contribution is 2.47. The number of hydrogen-bond acceptors (Lipinski definition) is 7. The molecule has 0 aromatic heterocycles. The van der Waals surface area contributed by atoms with Gasteiger partial charge < -0.3 is 14.3 Å². The fourth-order valence-electron chi connectivity index (χ4n) is 3.57. The van der Waals surface area contributed by atoms with Crippen LogP contribution in [-0.2, 0) is 24.0 Å². The molecule has 4 atom stereocenters. The molecule has 1 aromatic rings. The van der Waals surface area contributed by atoms with Crippen LogP contribution in [-0.4, -0.2) is 48.4 Å². The molecule has 0 saturated carbocycles. The van der Waals surface area contributed by atoms with Gasteiger partial charge in [-0.3, -0.25) is 0 Å². The molecular weight excluding hydrogens is 312 g/mol. The number of nitrogens with zero attached hydrogens (tertiary/aromatic N) is 2. The van der Waals surface area contributed by atoms with Crippen LogP contribution in [0.5, 0.6) is 0 Å². The summed E-state index contributed by atoms with van der Waals surface area (Å²) in [5.41, 5.74) is 1.18. The molecule has 0 bridgehead atoms. The second-order valence-corrected chi connectivity index (χ2v) is 6.00. The number of ether oxygens (including phenoxy) is 2. The van der Waals surface area contributed by atoms with Crippen molar-refractivity contribution in [3.8, 4) is 0 Å². The first-order valence-electron chi connectivity index (χ1n) is 8.44. The number of oxime groups is 1. The van der Waals surface area contributed by atoms with Crippen LogP contribution in [0.2, 0.25) is 0 Å². The summed E-state index contributed by atoms with van der Waals surface area (Å²) in [6, 6.07) is 9.97. The van der Waals surface area contributed by atoms with Gasteiger partial charge in [-0.25, -0.2) is 9.68 Å². The summed E-state index contributed by atoms with van der Waals surface area (Å²) < 4.78 is 11.3. The van der Waals surface area contributed by atoms with E-state index >= 15 is 0 Å². The lowest BCUT2D eigenvalue weighted by Gasteiger charge is -2.41. The molecule has 1 spiro atoms. The van der Waals surface area contributed by atoms with Gasteiger partial charge in [0.25, 0.3) is 0 Å². The smallest absolute Gasteiger partial charge is 0.183 e. The Morgan fingerprint density at radius 2 is 1.83 bits per heavy atom. The number of benzene rings is 1. The molecule has 3 aliphatic heterocycles. The highest BCUT2D eigenvalue weighted by Gasteiger charge is 2.65. The zero-order valence-corrected chi connectivity index (χ0v) is 13.9. The second kappa shape index (κ2) is 6.42. The van der Waals surface area contributed by atoms with Crippen molar-refractivity contribution in [2.24, 2.45) is 5.16 Å². The molecule has 0 amide bonds. The van der Waals surface area contributed by atoms with Crippen molar-refractivity contribution >= 4 is 5.71 Å². The molecule has 0 unspecified atom stereocenters. The summed E-state index contributed by atoms with van der Waals surface area (Å²) in [4.78, 5) is 17.6. The van der Waals surface area contributed by atoms with Gasteiger partial charge in [0.2, 0.25) is 0 Å². The Labute approximate surface area is 141 Å². The third-order valence-corrected chi connectivity index (χ3v) is 4.60. The molecule has 3 heterocycles. The van der Waals surface area contributed by atoms with E-state index in [1.165, 1.54) is 5.23 Å². The van der Waals surface area contributed by atoms with Crippen molar-refractivity contribution in [3.05, 3.63) is 35.9 Å². The Hall–Kier alpha value is -1.51. The Kier molecular flexibility index (Phi) is 4.28. The van der Waals surface area contributed by atoms with E-state index in [1.54, 1.807) is 0 Å². The summed E-state index contributed by atoms with van der Waals surface area (Å²) in [5, 5.41) is 5.88. The molecule has 4 rings (SSSR count). The quantitative estimate of drug-likeness (QED) is 0.823. The average molecular weight is 334 g/mol. The minimum absolute atomic E-state index is 0.205. The van der Waals surface area contributed by atoms with E-state index in [0.29, 0.717) is 26.1 Å². The molecule has 1 aromatic carbocycles. The molecule has 2 saturated heterocycles. The van der Waals surface area contributed by atoms with Crippen molar-refractivity contribution in [1.29, 1.82) is 0 Å². The van der Waals surface area contributed by atoms with Gasteiger partial charge in [-0.05, 0) is 19.1 Å². The SMILES string of the molecule is CCO[C@H]1C[C@H]2ON=C(c3ccccc3)[C@]23C[C@H](OCC)ON3O1. The maximum atomic E-state index is 5.93. The maximum Gasteiger partial charge on any atom is 0.183 e. The van der Waals surface area contributed by atoms with Crippen LogP contribution in [0.25, 0.3) is 0 Å². The Morgan fingerprint density at radius 1 is 1.12 bits per heavy atom. The van der Waals surface area contributed by atoms with Crippen molar-refractivity contribution in [2.75, 3.05) is 13.2 Å². The van der Waals surface area contributed by atoms with Gasteiger partial charge in [-0.1, -0.05) is 35.5 Å². The number of hydrogen-bond donors (Lipinski definition) is 0. The first kappa shape index (κ1) is 16.0. The lowest BCUT2D eigenvalue weighted by Crippen LogP contribution is -2.61. The zero-order chi connectivity index (χ0) is 16.6. The predicted octanol–water partition coefficient (Wildman–Crippen LogP) is 2.23. The topological polar surface area (TPSA) is 61.8 Å². The van der Waals surface area contributed by atoms with Gasteiger partial charge in [0.1, 0.15) is 5.71 Å². The third-order valence-electron chi connectivity index (χ3n) is 4.60. The zero-order valence-electron chi connectivity index (χ0n) is 13.9. The van der Waals surface area contributed by atoms with Gasteiger partial charge in [0.15, 0.2) is 24.2 Å². The molecule has 0 aliphatic carbocycles. The lowest BCUT2D eigenvalue weighted by atomic mass is 9.80. The fourth-order valence-corrected chi connectivity index (χ4v) is 3.57. The van der Waals surface area contributed by atoms with Crippen molar-refractivity contribution in [2.45, 2.75) is 50.9 Å².